The molecule has 0 aromatic heterocycles. The molecule has 0 radical (unpaired) electrons. The molecule has 2 aromatic rings. The molecule has 0 bridgehead atoms. The Morgan fingerprint density at radius 1 is 0.818 bits per heavy atom. The van der Waals surface area contributed by atoms with Gasteiger partial charge in [0, 0.05) is 11.3 Å². The van der Waals surface area contributed by atoms with Crippen LogP contribution >= 0.6 is 7.92 Å². The molecular weight excluding hydrogens is 283 g/mol. The van der Waals surface area contributed by atoms with Gasteiger partial charge in [0.2, 0.25) is 0 Å². The lowest BCUT2D eigenvalue weighted by atomic mass is 9.98. The molecule has 1 fully saturated rings. The van der Waals surface area contributed by atoms with Crippen molar-refractivity contribution in [2.24, 2.45) is 0 Å². The van der Waals surface area contributed by atoms with Gasteiger partial charge in [-0.15, -0.1) is 0 Å². The van der Waals surface area contributed by atoms with Gasteiger partial charge in [-0.25, -0.2) is 0 Å². The molecule has 0 spiro atoms. The summed E-state index contributed by atoms with van der Waals surface area (Å²) in [5.74, 6) is 0. The molecule has 0 nitrogen and oxygen atoms in total. The molecule has 112 valence electrons. The summed E-state index contributed by atoms with van der Waals surface area (Å²) in [6.45, 7) is 10.4. The molecule has 0 aliphatic carbocycles. The maximum Gasteiger partial charge on any atom is 0.00510 e. The third kappa shape index (κ3) is 2.69. The molecular formula is C21H23P. The summed E-state index contributed by atoms with van der Waals surface area (Å²) in [4.78, 5) is 0. The summed E-state index contributed by atoms with van der Waals surface area (Å²) < 4.78 is 0. The highest BCUT2D eigenvalue weighted by atomic mass is 31.1. The Morgan fingerprint density at radius 3 is 1.64 bits per heavy atom. The summed E-state index contributed by atoms with van der Waals surface area (Å²) in [6, 6.07) is 17.5. The van der Waals surface area contributed by atoms with Gasteiger partial charge < -0.3 is 0 Å². The fourth-order valence-electron chi connectivity index (χ4n) is 3.69. The van der Waals surface area contributed by atoms with E-state index in [4.69, 9.17) is 0 Å². The monoisotopic (exact) mass is 306 g/mol. The fraction of sp³-hybridized carbons (Fsp3) is 0.238. The molecule has 0 amide bonds. The van der Waals surface area contributed by atoms with E-state index in [9.17, 15) is 0 Å². The van der Waals surface area contributed by atoms with Crippen LogP contribution < -0.4 is 0 Å². The van der Waals surface area contributed by atoms with Crippen molar-refractivity contribution in [3.8, 4) is 0 Å². The lowest BCUT2D eigenvalue weighted by Crippen LogP contribution is -1.97. The van der Waals surface area contributed by atoms with E-state index < -0.39 is 0 Å². The van der Waals surface area contributed by atoms with Crippen LogP contribution in [0.5, 0.6) is 0 Å². The van der Waals surface area contributed by atoms with Crippen LogP contribution in [0.15, 0.2) is 61.7 Å². The fourth-order valence-corrected chi connectivity index (χ4v) is 6.59. The Labute approximate surface area is 135 Å². The van der Waals surface area contributed by atoms with Crippen molar-refractivity contribution in [3.05, 3.63) is 83.9 Å². The third-order valence-electron chi connectivity index (χ3n) is 4.85. The predicted molar refractivity (Wildman–Crippen MR) is 101 cm³/mol. The SMILES string of the molecule is C=Cc1ccccc1C1CCC(c2ccccc2C=C)P1C. The second-order valence-corrected chi connectivity index (χ2v) is 8.52. The lowest BCUT2D eigenvalue weighted by Gasteiger charge is -2.24. The molecule has 1 heterocycles. The molecule has 0 saturated carbocycles. The van der Waals surface area contributed by atoms with Gasteiger partial charge in [-0.1, -0.05) is 81.8 Å². The zero-order valence-electron chi connectivity index (χ0n) is 13.2. The minimum Gasteiger partial charge on any atom is -0.0985 e. The Hall–Kier alpha value is -1.65. The number of benzene rings is 2. The van der Waals surface area contributed by atoms with E-state index in [-0.39, 0.29) is 7.92 Å². The Kier molecular flexibility index (Phi) is 4.60. The number of hydrogen-bond donors (Lipinski definition) is 0. The molecule has 2 aromatic carbocycles. The Morgan fingerprint density at radius 2 is 1.23 bits per heavy atom. The first-order valence-electron chi connectivity index (χ1n) is 7.91. The van der Waals surface area contributed by atoms with Gasteiger partial charge in [-0.2, -0.15) is 0 Å². The standard InChI is InChI=1S/C21H23P/c1-4-16-10-6-8-12-18(16)20-14-15-21(22(20)3)19-13-9-7-11-17(19)5-2/h4-13,20-21H,1-2,14-15H2,3H3. The average Bonchev–Trinajstić information content (AvgIpc) is 2.96. The van der Waals surface area contributed by atoms with Crippen LogP contribution in [0.1, 0.15) is 46.4 Å². The van der Waals surface area contributed by atoms with E-state index >= 15 is 0 Å². The molecule has 1 heteroatoms. The summed E-state index contributed by atoms with van der Waals surface area (Å²) >= 11 is 0. The second-order valence-electron chi connectivity index (χ2n) is 5.94. The van der Waals surface area contributed by atoms with Crippen molar-refractivity contribution in [2.75, 3.05) is 6.66 Å². The summed E-state index contributed by atoms with van der Waals surface area (Å²) in [5.41, 5.74) is 6.97. The van der Waals surface area contributed by atoms with Gasteiger partial charge in [0.15, 0.2) is 0 Å². The van der Waals surface area contributed by atoms with E-state index in [2.05, 4.69) is 68.4 Å². The molecule has 22 heavy (non-hydrogen) atoms. The number of hydrogen-bond acceptors (Lipinski definition) is 0. The molecule has 3 rings (SSSR count). The second kappa shape index (κ2) is 6.63. The minimum absolute atomic E-state index is 0.0838. The van der Waals surface area contributed by atoms with Crippen LogP contribution in [-0.2, 0) is 0 Å². The normalized spacial score (nSPS) is 24.1. The van der Waals surface area contributed by atoms with Crippen LogP contribution in [0, 0.1) is 0 Å². The van der Waals surface area contributed by atoms with E-state index in [1.807, 2.05) is 12.2 Å². The molecule has 2 atom stereocenters. The smallest absolute Gasteiger partial charge is 0.00510 e. The predicted octanol–water partition coefficient (Wildman–Crippen LogP) is 6.66. The van der Waals surface area contributed by atoms with Crippen LogP contribution in [0.2, 0.25) is 0 Å². The minimum atomic E-state index is -0.0838. The first-order valence-corrected chi connectivity index (χ1v) is 9.83. The Bertz CT molecular complexity index is 626. The summed E-state index contributed by atoms with van der Waals surface area (Å²) in [7, 11) is -0.0838. The van der Waals surface area contributed by atoms with Gasteiger partial charge >= 0.3 is 0 Å². The zero-order valence-corrected chi connectivity index (χ0v) is 14.1. The average molecular weight is 306 g/mol. The van der Waals surface area contributed by atoms with Gasteiger partial charge in [0.25, 0.3) is 0 Å². The van der Waals surface area contributed by atoms with Gasteiger partial charge in [-0.3, -0.25) is 0 Å². The largest absolute Gasteiger partial charge is 0.0985 e. The highest BCUT2D eigenvalue weighted by Gasteiger charge is 2.35. The van der Waals surface area contributed by atoms with Crippen molar-refractivity contribution in [2.45, 2.75) is 24.2 Å². The van der Waals surface area contributed by atoms with Gasteiger partial charge in [0.05, 0.1) is 0 Å². The highest BCUT2D eigenvalue weighted by molar-refractivity contribution is 7.58. The summed E-state index contributed by atoms with van der Waals surface area (Å²) in [5, 5.41) is 0. The van der Waals surface area contributed by atoms with E-state index in [0.717, 1.165) is 0 Å². The molecule has 1 aliphatic rings. The van der Waals surface area contributed by atoms with E-state index in [1.54, 1.807) is 0 Å². The number of rotatable bonds is 4. The van der Waals surface area contributed by atoms with Crippen molar-refractivity contribution in [1.82, 2.24) is 0 Å². The first kappa shape index (κ1) is 15.3. The van der Waals surface area contributed by atoms with Crippen molar-refractivity contribution in [3.63, 3.8) is 0 Å². The van der Waals surface area contributed by atoms with Crippen LogP contribution in [0.4, 0.5) is 0 Å². The lowest BCUT2D eigenvalue weighted by molar-refractivity contribution is 0.764. The maximum atomic E-state index is 3.99. The topological polar surface area (TPSA) is 0 Å². The molecule has 2 unspecified atom stereocenters. The molecule has 1 saturated heterocycles. The molecule has 1 aliphatic heterocycles. The highest BCUT2D eigenvalue weighted by Crippen LogP contribution is 2.68. The van der Waals surface area contributed by atoms with Crippen molar-refractivity contribution >= 4 is 20.1 Å². The van der Waals surface area contributed by atoms with Crippen LogP contribution in [-0.4, -0.2) is 6.66 Å². The quantitative estimate of drug-likeness (QED) is 0.554. The van der Waals surface area contributed by atoms with Gasteiger partial charge in [0.1, 0.15) is 0 Å². The third-order valence-corrected chi connectivity index (χ3v) is 7.89. The molecule has 0 N–H and O–H groups in total. The zero-order chi connectivity index (χ0) is 15.5. The van der Waals surface area contributed by atoms with Crippen LogP contribution in [0.3, 0.4) is 0 Å². The van der Waals surface area contributed by atoms with E-state index in [0.29, 0.717) is 11.3 Å². The first-order chi connectivity index (χ1) is 10.8. The van der Waals surface area contributed by atoms with Crippen molar-refractivity contribution in [1.29, 1.82) is 0 Å². The summed E-state index contributed by atoms with van der Waals surface area (Å²) in [6.07, 6.45) is 6.57. The van der Waals surface area contributed by atoms with Gasteiger partial charge in [-0.05, 0) is 41.8 Å². The van der Waals surface area contributed by atoms with Crippen molar-refractivity contribution < 1.29 is 0 Å². The Balaban J connectivity index is 1.94. The maximum absolute atomic E-state index is 3.99. The van der Waals surface area contributed by atoms with Crippen LogP contribution in [0.25, 0.3) is 12.2 Å². The van der Waals surface area contributed by atoms with E-state index in [1.165, 1.54) is 35.1 Å².